The highest BCUT2D eigenvalue weighted by atomic mass is 16.2. The molecule has 0 saturated heterocycles. The van der Waals surface area contributed by atoms with E-state index in [1.165, 1.54) is 5.56 Å². The van der Waals surface area contributed by atoms with E-state index in [9.17, 15) is 4.79 Å². The molecule has 1 unspecified atom stereocenters. The lowest BCUT2D eigenvalue weighted by Crippen LogP contribution is -2.36. The van der Waals surface area contributed by atoms with Crippen LogP contribution in [0.4, 0.5) is 11.4 Å². The number of pyridine rings is 1. The number of rotatable bonds is 2. The lowest BCUT2D eigenvalue weighted by molar-refractivity contribution is 0.0982. The number of aryl methyl sites for hydroxylation is 1. The number of anilines is 2. The Hall–Kier alpha value is -2.40. The number of para-hydroxylation sites is 1. The van der Waals surface area contributed by atoms with Crippen molar-refractivity contribution in [2.24, 2.45) is 5.84 Å². The molecular weight excluding hydrogens is 264 g/mol. The molecule has 3 N–H and O–H groups in total. The Balaban J connectivity index is 2.03. The summed E-state index contributed by atoms with van der Waals surface area (Å²) in [5.74, 6) is 5.46. The van der Waals surface area contributed by atoms with E-state index in [-0.39, 0.29) is 11.9 Å². The monoisotopic (exact) mass is 282 g/mol. The minimum atomic E-state index is -0.0760. The number of hydrazine groups is 1. The maximum atomic E-state index is 12.9. The van der Waals surface area contributed by atoms with Crippen molar-refractivity contribution in [3.8, 4) is 0 Å². The maximum absolute atomic E-state index is 12.9. The smallest absolute Gasteiger partial charge is 0.262 e. The van der Waals surface area contributed by atoms with Gasteiger partial charge in [0.15, 0.2) is 0 Å². The normalized spacial score (nSPS) is 16.7. The molecule has 1 aromatic carbocycles. The third-order valence-corrected chi connectivity index (χ3v) is 3.85. The van der Waals surface area contributed by atoms with Crippen molar-refractivity contribution in [3.05, 3.63) is 53.3 Å². The van der Waals surface area contributed by atoms with Crippen LogP contribution in [0, 0.1) is 6.92 Å². The van der Waals surface area contributed by atoms with E-state index in [0.717, 1.165) is 17.8 Å². The summed E-state index contributed by atoms with van der Waals surface area (Å²) in [7, 11) is 0. The van der Waals surface area contributed by atoms with E-state index in [1.54, 1.807) is 12.3 Å². The van der Waals surface area contributed by atoms with Gasteiger partial charge in [-0.1, -0.05) is 18.2 Å². The molecular formula is C16H18N4O. The average Bonchev–Trinajstić information content (AvgIpc) is 2.82. The number of fused-ring (bicyclic) bond motifs is 1. The minimum absolute atomic E-state index is 0.0760. The molecule has 5 nitrogen and oxygen atoms in total. The molecule has 2 heterocycles. The molecule has 0 saturated carbocycles. The van der Waals surface area contributed by atoms with E-state index < -0.39 is 0 Å². The van der Waals surface area contributed by atoms with Crippen LogP contribution in [0.3, 0.4) is 0 Å². The van der Waals surface area contributed by atoms with E-state index in [0.29, 0.717) is 11.3 Å². The summed E-state index contributed by atoms with van der Waals surface area (Å²) < 4.78 is 0. The Morgan fingerprint density at radius 3 is 2.95 bits per heavy atom. The molecule has 1 amide bonds. The van der Waals surface area contributed by atoms with Crippen molar-refractivity contribution in [2.75, 3.05) is 10.3 Å². The van der Waals surface area contributed by atoms with E-state index in [1.807, 2.05) is 30.0 Å². The second-order valence-electron chi connectivity index (χ2n) is 5.37. The number of nitrogens with two attached hydrogens (primary N) is 1. The number of hydrogen-bond acceptors (Lipinski definition) is 4. The third kappa shape index (κ3) is 2.25. The number of nitrogens with one attached hydrogen (secondary N) is 1. The van der Waals surface area contributed by atoms with Gasteiger partial charge in [0.2, 0.25) is 0 Å². The number of carbonyl (C=O) groups is 1. The summed E-state index contributed by atoms with van der Waals surface area (Å²) in [5, 5.41) is 0. The number of nitrogen functional groups attached to an aromatic ring is 1. The van der Waals surface area contributed by atoms with Gasteiger partial charge in [0.1, 0.15) is 0 Å². The van der Waals surface area contributed by atoms with Crippen molar-refractivity contribution in [1.82, 2.24) is 4.98 Å². The summed E-state index contributed by atoms with van der Waals surface area (Å²) >= 11 is 0. The molecule has 0 aliphatic carbocycles. The van der Waals surface area contributed by atoms with Gasteiger partial charge in [-0.3, -0.25) is 15.6 Å². The fourth-order valence-electron chi connectivity index (χ4n) is 2.85. The highest BCUT2D eigenvalue weighted by Gasteiger charge is 2.32. The van der Waals surface area contributed by atoms with Crippen LogP contribution in [0.5, 0.6) is 0 Å². The second-order valence-corrected chi connectivity index (χ2v) is 5.37. The molecule has 0 fully saturated rings. The largest absolute Gasteiger partial charge is 0.323 e. The van der Waals surface area contributed by atoms with Crippen molar-refractivity contribution in [2.45, 2.75) is 26.3 Å². The van der Waals surface area contributed by atoms with Crippen LogP contribution in [0.1, 0.15) is 28.5 Å². The van der Waals surface area contributed by atoms with Gasteiger partial charge in [-0.2, -0.15) is 0 Å². The summed E-state index contributed by atoms with van der Waals surface area (Å²) in [5.41, 5.74) is 6.67. The molecule has 0 spiro atoms. The van der Waals surface area contributed by atoms with Crippen LogP contribution in [0.2, 0.25) is 0 Å². The fraction of sp³-hybridized carbons (Fsp3) is 0.250. The van der Waals surface area contributed by atoms with Crippen molar-refractivity contribution in [1.29, 1.82) is 0 Å². The van der Waals surface area contributed by atoms with Gasteiger partial charge in [-0.25, -0.2) is 0 Å². The van der Waals surface area contributed by atoms with Crippen molar-refractivity contribution in [3.63, 3.8) is 0 Å². The van der Waals surface area contributed by atoms with Crippen LogP contribution in [-0.4, -0.2) is 16.9 Å². The number of aromatic nitrogens is 1. The van der Waals surface area contributed by atoms with Crippen LogP contribution < -0.4 is 16.2 Å². The van der Waals surface area contributed by atoms with Gasteiger partial charge < -0.3 is 10.3 Å². The quantitative estimate of drug-likeness (QED) is 0.655. The van der Waals surface area contributed by atoms with Crippen LogP contribution in [0.25, 0.3) is 0 Å². The molecule has 1 aliphatic rings. The molecule has 0 bridgehead atoms. The molecule has 21 heavy (non-hydrogen) atoms. The molecule has 1 aromatic heterocycles. The predicted octanol–water partition coefficient (Wildman–Crippen LogP) is 2.27. The topological polar surface area (TPSA) is 71.2 Å². The number of hydrogen-bond donors (Lipinski definition) is 2. The third-order valence-electron chi connectivity index (χ3n) is 3.85. The zero-order valence-corrected chi connectivity index (χ0v) is 12.1. The zero-order chi connectivity index (χ0) is 15.0. The first kappa shape index (κ1) is 13.6. The van der Waals surface area contributed by atoms with Gasteiger partial charge in [-0.05, 0) is 38.0 Å². The van der Waals surface area contributed by atoms with Crippen LogP contribution in [-0.2, 0) is 6.42 Å². The van der Waals surface area contributed by atoms with Crippen molar-refractivity contribution < 1.29 is 4.79 Å². The molecule has 108 valence electrons. The molecule has 3 rings (SSSR count). The molecule has 5 heteroatoms. The number of amides is 1. The zero-order valence-electron chi connectivity index (χ0n) is 12.1. The van der Waals surface area contributed by atoms with E-state index >= 15 is 0 Å². The van der Waals surface area contributed by atoms with Gasteiger partial charge in [0.05, 0.1) is 11.3 Å². The molecule has 1 aliphatic heterocycles. The first-order valence-corrected chi connectivity index (χ1v) is 6.96. The Labute approximate surface area is 123 Å². The Bertz CT molecular complexity index is 698. The lowest BCUT2D eigenvalue weighted by atomic mass is 10.1. The Kier molecular flexibility index (Phi) is 3.35. The molecule has 0 radical (unpaired) electrons. The number of benzene rings is 1. The maximum Gasteiger partial charge on any atom is 0.262 e. The van der Waals surface area contributed by atoms with Crippen LogP contribution in [0.15, 0.2) is 36.5 Å². The molecule has 2 aromatic rings. The summed E-state index contributed by atoms with van der Waals surface area (Å²) in [6.07, 6.45) is 2.45. The highest BCUT2D eigenvalue weighted by Crippen LogP contribution is 2.33. The summed E-state index contributed by atoms with van der Waals surface area (Å²) in [4.78, 5) is 18.9. The van der Waals surface area contributed by atoms with E-state index in [4.69, 9.17) is 5.84 Å². The lowest BCUT2D eigenvalue weighted by Gasteiger charge is -2.23. The van der Waals surface area contributed by atoms with Crippen LogP contribution >= 0.6 is 0 Å². The summed E-state index contributed by atoms with van der Waals surface area (Å²) in [6, 6.07) is 9.90. The van der Waals surface area contributed by atoms with Gasteiger partial charge in [0.25, 0.3) is 5.91 Å². The second kappa shape index (κ2) is 5.18. The number of carbonyl (C=O) groups excluding carboxylic acids is 1. The van der Waals surface area contributed by atoms with Gasteiger partial charge in [-0.15, -0.1) is 0 Å². The Morgan fingerprint density at radius 2 is 2.19 bits per heavy atom. The van der Waals surface area contributed by atoms with Gasteiger partial charge >= 0.3 is 0 Å². The standard InChI is InChI=1S/C16H18N4O/c1-10-7-14(19-17)13(9-18-10)16(21)20-11(2)8-12-5-3-4-6-15(12)20/h3-7,9,11H,8,17H2,1-2H3,(H,18,19). The predicted molar refractivity (Wildman–Crippen MR) is 83.2 cm³/mol. The van der Waals surface area contributed by atoms with Crippen molar-refractivity contribution >= 4 is 17.3 Å². The molecule has 1 atom stereocenters. The van der Waals surface area contributed by atoms with Gasteiger partial charge in [0, 0.05) is 23.6 Å². The fourth-order valence-corrected chi connectivity index (χ4v) is 2.85. The van der Waals surface area contributed by atoms with E-state index in [2.05, 4.69) is 23.4 Å². The first-order valence-electron chi connectivity index (χ1n) is 6.96. The SMILES string of the molecule is Cc1cc(NN)c(C(=O)N2c3ccccc3CC2C)cn1. The highest BCUT2D eigenvalue weighted by molar-refractivity contribution is 6.10. The average molecular weight is 282 g/mol. The first-order chi connectivity index (χ1) is 10.1. The summed E-state index contributed by atoms with van der Waals surface area (Å²) in [6.45, 7) is 3.91. The minimum Gasteiger partial charge on any atom is -0.323 e. The number of nitrogens with zero attached hydrogens (tertiary/aromatic N) is 2. The Morgan fingerprint density at radius 1 is 1.43 bits per heavy atom.